The lowest BCUT2D eigenvalue weighted by Crippen LogP contribution is -2.10. The summed E-state index contributed by atoms with van der Waals surface area (Å²) in [6, 6.07) is 8.52. The van der Waals surface area contributed by atoms with Gasteiger partial charge in [0.25, 0.3) is 0 Å². The van der Waals surface area contributed by atoms with Crippen molar-refractivity contribution in [2.75, 3.05) is 0 Å². The van der Waals surface area contributed by atoms with Crippen molar-refractivity contribution in [1.29, 1.82) is 0 Å². The molecule has 0 aliphatic carbocycles. The van der Waals surface area contributed by atoms with E-state index in [4.69, 9.17) is 27.9 Å². The number of carbonyl (C=O) groups is 1. The van der Waals surface area contributed by atoms with Crippen LogP contribution in [0.4, 0.5) is 0 Å². The van der Waals surface area contributed by atoms with Gasteiger partial charge in [-0.2, -0.15) is 0 Å². The second-order valence-corrected chi connectivity index (χ2v) is 6.60. The first kappa shape index (κ1) is 15.9. The Hall–Kier alpha value is -1.95. The van der Waals surface area contributed by atoms with Gasteiger partial charge in [0.05, 0.1) is 20.5 Å². The summed E-state index contributed by atoms with van der Waals surface area (Å²) in [7, 11) is 0. The zero-order valence-corrected chi connectivity index (χ0v) is 14.2. The number of hydrogen-bond donors (Lipinski definition) is 0. The van der Waals surface area contributed by atoms with E-state index in [1.807, 2.05) is 19.1 Å². The minimum Gasteiger partial charge on any atom is -0.403 e. The summed E-state index contributed by atoms with van der Waals surface area (Å²) in [5, 5.41) is 1.20. The van der Waals surface area contributed by atoms with Crippen molar-refractivity contribution in [2.24, 2.45) is 0 Å². The first-order chi connectivity index (χ1) is 11.1. The van der Waals surface area contributed by atoms with Gasteiger partial charge in [0.15, 0.2) is 0 Å². The van der Waals surface area contributed by atoms with Gasteiger partial charge in [-0.05, 0) is 31.2 Å². The van der Waals surface area contributed by atoms with E-state index in [1.54, 1.807) is 30.6 Å². The molecule has 0 saturated carbocycles. The number of carbonyl (C=O) groups excluding carboxylic acids is 1. The van der Waals surface area contributed by atoms with Crippen LogP contribution in [-0.2, 0) is 0 Å². The SMILES string of the molecule is Cc1sc(-c2cccnc2)nc1OC(=O)c1cccc(Cl)c1Cl. The Kier molecular flexibility index (Phi) is 4.61. The van der Waals surface area contributed by atoms with Crippen LogP contribution in [0.1, 0.15) is 15.2 Å². The fourth-order valence-electron chi connectivity index (χ4n) is 1.89. The molecule has 0 saturated heterocycles. The van der Waals surface area contributed by atoms with Crippen LogP contribution in [-0.4, -0.2) is 15.9 Å². The van der Waals surface area contributed by atoms with Crippen LogP contribution in [0.3, 0.4) is 0 Å². The fourth-order valence-corrected chi connectivity index (χ4v) is 3.10. The van der Waals surface area contributed by atoms with Crippen LogP contribution in [0.2, 0.25) is 10.0 Å². The van der Waals surface area contributed by atoms with Gasteiger partial charge in [-0.25, -0.2) is 9.78 Å². The lowest BCUT2D eigenvalue weighted by molar-refractivity contribution is 0.0728. The molecule has 0 fully saturated rings. The van der Waals surface area contributed by atoms with Crippen molar-refractivity contribution in [1.82, 2.24) is 9.97 Å². The van der Waals surface area contributed by atoms with Gasteiger partial charge < -0.3 is 4.74 Å². The highest BCUT2D eigenvalue weighted by atomic mass is 35.5. The number of hydrogen-bond acceptors (Lipinski definition) is 5. The van der Waals surface area contributed by atoms with Crippen LogP contribution in [0.15, 0.2) is 42.7 Å². The lowest BCUT2D eigenvalue weighted by Gasteiger charge is -2.05. The monoisotopic (exact) mass is 364 g/mol. The zero-order chi connectivity index (χ0) is 16.4. The summed E-state index contributed by atoms with van der Waals surface area (Å²) in [4.78, 5) is 21.5. The predicted octanol–water partition coefficient (Wildman–Crippen LogP) is 5.04. The molecular formula is C16H10Cl2N2O2S. The highest BCUT2D eigenvalue weighted by molar-refractivity contribution is 7.15. The van der Waals surface area contributed by atoms with Crippen molar-refractivity contribution in [3.05, 3.63) is 63.2 Å². The molecule has 0 atom stereocenters. The number of rotatable bonds is 3. The van der Waals surface area contributed by atoms with Gasteiger partial charge in [0, 0.05) is 18.0 Å². The molecule has 7 heteroatoms. The maximum atomic E-state index is 12.3. The molecule has 0 aliphatic rings. The summed E-state index contributed by atoms with van der Waals surface area (Å²) < 4.78 is 5.37. The van der Waals surface area contributed by atoms with E-state index in [0.29, 0.717) is 5.02 Å². The number of nitrogens with zero attached hydrogens (tertiary/aromatic N) is 2. The van der Waals surface area contributed by atoms with Crippen molar-refractivity contribution >= 4 is 40.5 Å². The quantitative estimate of drug-likeness (QED) is 0.610. The van der Waals surface area contributed by atoms with E-state index >= 15 is 0 Å². The number of pyridine rings is 1. The summed E-state index contributed by atoms with van der Waals surface area (Å²) in [6.07, 6.45) is 3.39. The van der Waals surface area contributed by atoms with E-state index in [2.05, 4.69) is 9.97 Å². The topological polar surface area (TPSA) is 52.1 Å². The number of thiazole rings is 1. The zero-order valence-electron chi connectivity index (χ0n) is 11.9. The second-order valence-electron chi connectivity index (χ2n) is 4.61. The highest BCUT2D eigenvalue weighted by Crippen LogP contribution is 2.32. The molecule has 0 spiro atoms. The lowest BCUT2D eigenvalue weighted by atomic mass is 10.2. The minimum atomic E-state index is -0.594. The molecule has 0 aliphatic heterocycles. The minimum absolute atomic E-state index is 0.166. The van der Waals surface area contributed by atoms with Crippen LogP contribution < -0.4 is 4.74 Å². The fraction of sp³-hybridized carbons (Fsp3) is 0.0625. The Morgan fingerprint density at radius 2 is 2.04 bits per heavy atom. The summed E-state index contributed by atoms with van der Waals surface area (Å²) in [6.45, 7) is 1.83. The van der Waals surface area contributed by atoms with Crippen LogP contribution >= 0.6 is 34.5 Å². The third kappa shape index (κ3) is 3.37. The molecule has 0 amide bonds. The van der Waals surface area contributed by atoms with Gasteiger partial charge in [0.2, 0.25) is 5.88 Å². The average Bonchev–Trinajstić information content (AvgIpc) is 2.92. The Bertz CT molecular complexity index is 866. The number of ether oxygens (including phenoxy) is 1. The van der Waals surface area contributed by atoms with Gasteiger partial charge in [-0.3, -0.25) is 4.98 Å². The van der Waals surface area contributed by atoms with Crippen molar-refractivity contribution < 1.29 is 9.53 Å². The van der Waals surface area contributed by atoms with Gasteiger partial charge >= 0.3 is 5.97 Å². The average molecular weight is 365 g/mol. The molecule has 2 heterocycles. The number of halogens is 2. The maximum absolute atomic E-state index is 12.3. The standard InChI is InChI=1S/C16H10Cl2N2O2S/c1-9-14(20-15(23-9)10-4-3-7-19-8-10)22-16(21)11-5-2-6-12(17)13(11)18/h2-8H,1H3. The van der Waals surface area contributed by atoms with E-state index in [9.17, 15) is 4.79 Å². The Morgan fingerprint density at radius 3 is 2.78 bits per heavy atom. The smallest absolute Gasteiger partial charge is 0.346 e. The molecule has 116 valence electrons. The summed E-state index contributed by atoms with van der Waals surface area (Å²) in [5.74, 6) is -0.335. The first-order valence-electron chi connectivity index (χ1n) is 6.60. The molecule has 23 heavy (non-hydrogen) atoms. The van der Waals surface area contributed by atoms with E-state index in [1.165, 1.54) is 11.3 Å². The molecule has 3 aromatic rings. The number of aryl methyl sites for hydroxylation is 1. The molecule has 2 aromatic heterocycles. The summed E-state index contributed by atoms with van der Waals surface area (Å²) >= 11 is 13.4. The molecular weight excluding hydrogens is 355 g/mol. The van der Waals surface area contributed by atoms with E-state index < -0.39 is 5.97 Å². The number of esters is 1. The van der Waals surface area contributed by atoms with Crippen LogP contribution in [0.25, 0.3) is 10.6 Å². The molecule has 4 nitrogen and oxygen atoms in total. The Labute approximate surface area is 146 Å². The molecule has 1 aromatic carbocycles. The van der Waals surface area contributed by atoms with Crippen molar-refractivity contribution in [3.63, 3.8) is 0 Å². The van der Waals surface area contributed by atoms with Gasteiger partial charge in [-0.15, -0.1) is 11.3 Å². The third-order valence-electron chi connectivity index (χ3n) is 3.02. The second kappa shape index (κ2) is 6.66. The predicted molar refractivity (Wildman–Crippen MR) is 91.5 cm³/mol. The van der Waals surface area contributed by atoms with Crippen molar-refractivity contribution in [3.8, 4) is 16.5 Å². The van der Waals surface area contributed by atoms with E-state index in [0.717, 1.165) is 15.4 Å². The number of aromatic nitrogens is 2. The molecule has 0 radical (unpaired) electrons. The Morgan fingerprint density at radius 1 is 1.22 bits per heavy atom. The maximum Gasteiger partial charge on any atom is 0.346 e. The van der Waals surface area contributed by atoms with Gasteiger partial charge in [0.1, 0.15) is 5.01 Å². The largest absolute Gasteiger partial charge is 0.403 e. The van der Waals surface area contributed by atoms with Crippen molar-refractivity contribution in [2.45, 2.75) is 6.92 Å². The normalized spacial score (nSPS) is 10.6. The molecule has 0 N–H and O–H groups in total. The van der Waals surface area contributed by atoms with Crippen LogP contribution in [0.5, 0.6) is 5.88 Å². The molecule has 0 bridgehead atoms. The third-order valence-corrected chi connectivity index (χ3v) is 4.84. The highest BCUT2D eigenvalue weighted by Gasteiger charge is 2.18. The summed E-state index contributed by atoms with van der Waals surface area (Å²) in [5.41, 5.74) is 1.07. The first-order valence-corrected chi connectivity index (χ1v) is 8.17. The van der Waals surface area contributed by atoms with Gasteiger partial charge in [-0.1, -0.05) is 29.3 Å². The Balaban J connectivity index is 1.87. The van der Waals surface area contributed by atoms with E-state index in [-0.39, 0.29) is 16.5 Å². The molecule has 0 unspecified atom stereocenters. The molecule has 3 rings (SSSR count). The van der Waals surface area contributed by atoms with Crippen LogP contribution in [0, 0.1) is 6.92 Å². The number of benzene rings is 1.